The number of rotatable bonds is 6. The quantitative estimate of drug-likeness (QED) is 0.623. The maximum Gasteiger partial charge on any atom is 0.371 e. The smallest absolute Gasteiger partial charge is 0.371 e. The molecule has 1 N–H and O–H groups in total. The molecule has 0 radical (unpaired) electrons. The van der Waals surface area contributed by atoms with Crippen molar-refractivity contribution in [1.82, 2.24) is 0 Å². The Morgan fingerprint density at radius 2 is 1.94 bits per heavy atom. The summed E-state index contributed by atoms with van der Waals surface area (Å²) in [6, 6.07) is 7.37. The second-order valence-corrected chi connectivity index (χ2v) is 3.60. The van der Waals surface area contributed by atoms with E-state index in [2.05, 4.69) is 0 Å². The van der Waals surface area contributed by atoms with Crippen molar-refractivity contribution < 1.29 is 19.4 Å². The first-order valence-corrected chi connectivity index (χ1v) is 5.88. The van der Waals surface area contributed by atoms with Crippen LogP contribution in [0.4, 0.5) is 0 Å². The van der Waals surface area contributed by atoms with Gasteiger partial charge in [0.25, 0.3) is 0 Å². The van der Waals surface area contributed by atoms with Crippen LogP contribution in [0.15, 0.2) is 30.0 Å². The minimum Gasteiger partial charge on any atom is -0.493 e. The molecule has 0 saturated carbocycles. The molecule has 0 fully saturated rings. The lowest BCUT2D eigenvalue weighted by atomic mass is 10.0. The van der Waals surface area contributed by atoms with Gasteiger partial charge < -0.3 is 14.6 Å². The summed E-state index contributed by atoms with van der Waals surface area (Å²) in [5.74, 6) is -0.432. The number of benzene rings is 1. The van der Waals surface area contributed by atoms with E-state index in [9.17, 15) is 4.79 Å². The molecule has 98 valence electrons. The van der Waals surface area contributed by atoms with E-state index in [1.165, 1.54) is 7.11 Å². The summed E-state index contributed by atoms with van der Waals surface area (Å²) >= 11 is 0. The van der Waals surface area contributed by atoms with E-state index < -0.39 is 5.97 Å². The molecule has 1 aromatic rings. The van der Waals surface area contributed by atoms with Gasteiger partial charge in [-0.3, -0.25) is 0 Å². The van der Waals surface area contributed by atoms with E-state index in [0.717, 1.165) is 5.56 Å². The average molecular weight is 250 g/mol. The molecule has 1 rings (SSSR count). The van der Waals surface area contributed by atoms with E-state index in [1.807, 2.05) is 38.1 Å². The summed E-state index contributed by atoms with van der Waals surface area (Å²) in [5, 5.41) is 9.13. The molecule has 0 aliphatic carbocycles. The van der Waals surface area contributed by atoms with Crippen LogP contribution in [-0.2, 0) is 9.53 Å². The molecular formula is C14H18O4. The minimum absolute atomic E-state index is 0.0374. The zero-order valence-electron chi connectivity index (χ0n) is 10.9. The molecule has 0 spiro atoms. The largest absolute Gasteiger partial charge is 0.493 e. The molecule has 18 heavy (non-hydrogen) atoms. The number of aliphatic carboxylic acids is 1. The van der Waals surface area contributed by atoms with Crippen LogP contribution in [0.1, 0.15) is 25.8 Å². The van der Waals surface area contributed by atoms with E-state index in [4.69, 9.17) is 14.6 Å². The molecule has 0 aromatic heterocycles. The van der Waals surface area contributed by atoms with Crippen LogP contribution >= 0.6 is 0 Å². The zero-order chi connectivity index (χ0) is 13.5. The molecule has 1 aromatic carbocycles. The maximum absolute atomic E-state index is 11.1. The first kappa shape index (κ1) is 14.1. The summed E-state index contributed by atoms with van der Waals surface area (Å²) in [5.41, 5.74) is 1.40. The second-order valence-electron chi connectivity index (χ2n) is 3.60. The number of hydrogen-bond donors (Lipinski definition) is 1. The highest BCUT2D eigenvalue weighted by Crippen LogP contribution is 2.30. The van der Waals surface area contributed by atoms with Crippen molar-refractivity contribution >= 4 is 11.5 Å². The molecule has 0 unspecified atom stereocenters. The number of carboxylic acid groups (broad SMARTS) is 1. The second kappa shape index (κ2) is 6.69. The third kappa shape index (κ3) is 3.03. The third-order valence-corrected chi connectivity index (χ3v) is 2.54. The number of ether oxygens (including phenoxy) is 2. The van der Waals surface area contributed by atoms with Gasteiger partial charge >= 0.3 is 5.97 Å². The predicted octanol–water partition coefficient (Wildman–Crippen LogP) is 2.94. The van der Waals surface area contributed by atoms with Gasteiger partial charge in [-0.05, 0) is 19.4 Å². The number of methoxy groups -OCH3 is 1. The first-order chi connectivity index (χ1) is 8.65. The van der Waals surface area contributed by atoms with Crippen LogP contribution in [0, 0.1) is 0 Å². The van der Waals surface area contributed by atoms with Gasteiger partial charge in [-0.25, -0.2) is 4.79 Å². The zero-order valence-corrected chi connectivity index (χ0v) is 10.9. The van der Waals surface area contributed by atoms with Gasteiger partial charge in [0, 0.05) is 11.1 Å². The van der Waals surface area contributed by atoms with Crippen molar-refractivity contribution in [3.63, 3.8) is 0 Å². The number of para-hydroxylation sites is 1. The van der Waals surface area contributed by atoms with Crippen LogP contribution in [0.2, 0.25) is 0 Å². The highest BCUT2D eigenvalue weighted by Gasteiger charge is 2.18. The Kier molecular flexibility index (Phi) is 5.24. The Balaban J connectivity index is 3.36. The molecule has 4 nitrogen and oxygen atoms in total. The first-order valence-electron chi connectivity index (χ1n) is 5.88. The summed E-state index contributed by atoms with van der Waals surface area (Å²) in [6.45, 7) is 4.31. The number of carboxylic acids is 1. The lowest BCUT2D eigenvalue weighted by molar-refractivity contribution is -0.135. The van der Waals surface area contributed by atoms with Crippen LogP contribution in [0.5, 0.6) is 5.75 Å². The van der Waals surface area contributed by atoms with Crippen molar-refractivity contribution in [3.8, 4) is 5.75 Å². The lowest BCUT2D eigenvalue weighted by Gasteiger charge is -2.14. The highest BCUT2D eigenvalue weighted by atomic mass is 16.5. The topological polar surface area (TPSA) is 55.8 Å². The predicted molar refractivity (Wildman–Crippen MR) is 69.5 cm³/mol. The fraction of sp³-hybridized carbons (Fsp3) is 0.357. The molecular weight excluding hydrogens is 232 g/mol. The van der Waals surface area contributed by atoms with Crippen molar-refractivity contribution in [2.45, 2.75) is 20.3 Å². The van der Waals surface area contributed by atoms with Crippen LogP contribution in [-0.4, -0.2) is 24.8 Å². The van der Waals surface area contributed by atoms with Gasteiger partial charge in [-0.2, -0.15) is 0 Å². The van der Waals surface area contributed by atoms with Crippen molar-refractivity contribution in [2.75, 3.05) is 13.7 Å². The Bertz CT molecular complexity index is 449. The Hall–Kier alpha value is -1.97. The van der Waals surface area contributed by atoms with Gasteiger partial charge in [0.15, 0.2) is 0 Å². The molecule has 0 bridgehead atoms. The molecule has 0 heterocycles. The van der Waals surface area contributed by atoms with Crippen LogP contribution in [0.3, 0.4) is 0 Å². The van der Waals surface area contributed by atoms with Gasteiger partial charge in [-0.1, -0.05) is 25.1 Å². The highest BCUT2D eigenvalue weighted by molar-refractivity contribution is 5.95. The Morgan fingerprint density at radius 3 is 2.44 bits per heavy atom. The van der Waals surface area contributed by atoms with Crippen LogP contribution < -0.4 is 4.74 Å². The van der Waals surface area contributed by atoms with E-state index in [1.54, 1.807) is 0 Å². The summed E-state index contributed by atoms with van der Waals surface area (Å²) in [4.78, 5) is 11.1. The lowest BCUT2D eigenvalue weighted by Crippen LogP contribution is -2.07. The molecule has 0 aliphatic heterocycles. The van der Waals surface area contributed by atoms with Crippen molar-refractivity contribution in [1.29, 1.82) is 0 Å². The molecule has 0 amide bonds. The van der Waals surface area contributed by atoms with E-state index in [-0.39, 0.29) is 5.76 Å². The van der Waals surface area contributed by atoms with Gasteiger partial charge in [-0.15, -0.1) is 0 Å². The molecule has 0 aliphatic rings. The number of allylic oxidation sites excluding steroid dienone is 1. The maximum atomic E-state index is 11.1. The van der Waals surface area contributed by atoms with E-state index >= 15 is 0 Å². The van der Waals surface area contributed by atoms with Crippen LogP contribution in [0.25, 0.3) is 5.57 Å². The summed E-state index contributed by atoms with van der Waals surface area (Å²) in [7, 11) is 1.36. The van der Waals surface area contributed by atoms with Gasteiger partial charge in [0.05, 0.1) is 13.7 Å². The molecule has 0 atom stereocenters. The SMILES string of the molecule is CCOc1ccccc1C(CC)=C(OC)C(=O)O. The fourth-order valence-corrected chi connectivity index (χ4v) is 1.81. The fourth-order valence-electron chi connectivity index (χ4n) is 1.81. The van der Waals surface area contributed by atoms with Gasteiger partial charge in [0.2, 0.25) is 5.76 Å². The molecule has 0 saturated heterocycles. The monoisotopic (exact) mass is 250 g/mol. The number of carbonyl (C=O) groups is 1. The summed E-state index contributed by atoms with van der Waals surface area (Å²) in [6.07, 6.45) is 0.555. The molecule has 4 heteroatoms. The van der Waals surface area contributed by atoms with Crippen molar-refractivity contribution in [2.24, 2.45) is 0 Å². The Morgan fingerprint density at radius 1 is 1.28 bits per heavy atom. The van der Waals surface area contributed by atoms with E-state index in [0.29, 0.717) is 24.4 Å². The Labute approximate surface area is 107 Å². The van der Waals surface area contributed by atoms with Crippen molar-refractivity contribution in [3.05, 3.63) is 35.6 Å². The average Bonchev–Trinajstić information content (AvgIpc) is 2.36. The standard InChI is InChI=1S/C14H18O4/c1-4-10(13(17-3)14(15)16)11-8-6-7-9-12(11)18-5-2/h6-9H,4-5H2,1-3H3,(H,15,16). The summed E-state index contributed by atoms with van der Waals surface area (Å²) < 4.78 is 10.5. The van der Waals surface area contributed by atoms with Gasteiger partial charge in [0.1, 0.15) is 5.75 Å². The number of hydrogen-bond acceptors (Lipinski definition) is 3. The minimum atomic E-state index is -1.07. The third-order valence-electron chi connectivity index (χ3n) is 2.54. The normalized spacial score (nSPS) is 11.7.